The van der Waals surface area contributed by atoms with Crippen LogP contribution < -0.4 is 11.1 Å². The number of nitrogens with two attached hydrogens (primary N) is 1. The average molecular weight is 227 g/mol. The Morgan fingerprint density at radius 1 is 1.25 bits per heavy atom. The smallest absolute Gasteiger partial charge is 0.223 e. The molecule has 1 amide bonds. The number of carbonyl (C=O) groups excluding carboxylic acids is 1. The van der Waals surface area contributed by atoms with Crippen molar-refractivity contribution in [3.8, 4) is 0 Å². The first-order valence-electron chi connectivity index (χ1n) is 5.98. The molecule has 1 rings (SSSR count). The van der Waals surface area contributed by atoms with Gasteiger partial charge in [-0.3, -0.25) is 4.79 Å². The molecule has 0 radical (unpaired) electrons. The summed E-state index contributed by atoms with van der Waals surface area (Å²) in [6.07, 6.45) is 7.92. The molecule has 0 aliphatic heterocycles. The SMILES string of the molecule is NC(CNC(=O)C1CCCCCCC1)=NO. The largest absolute Gasteiger partial charge is 0.409 e. The first-order valence-corrected chi connectivity index (χ1v) is 5.98. The predicted molar refractivity (Wildman–Crippen MR) is 62.2 cm³/mol. The second-order valence-corrected chi connectivity index (χ2v) is 4.35. The molecule has 5 nitrogen and oxygen atoms in total. The van der Waals surface area contributed by atoms with Crippen molar-refractivity contribution in [1.82, 2.24) is 5.32 Å². The first-order chi connectivity index (χ1) is 7.74. The summed E-state index contributed by atoms with van der Waals surface area (Å²) in [5.41, 5.74) is 5.29. The molecule has 1 aliphatic carbocycles. The summed E-state index contributed by atoms with van der Waals surface area (Å²) in [7, 11) is 0. The predicted octanol–water partition coefficient (Wildman–Crippen LogP) is 1.21. The molecule has 0 aromatic heterocycles. The maximum Gasteiger partial charge on any atom is 0.223 e. The highest BCUT2D eigenvalue weighted by Gasteiger charge is 2.18. The first kappa shape index (κ1) is 12.8. The van der Waals surface area contributed by atoms with Gasteiger partial charge in [-0.1, -0.05) is 37.3 Å². The van der Waals surface area contributed by atoms with E-state index < -0.39 is 0 Å². The minimum Gasteiger partial charge on any atom is -0.409 e. The fourth-order valence-electron chi connectivity index (χ4n) is 2.08. The minimum atomic E-state index is 0.0356. The molecule has 92 valence electrons. The van der Waals surface area contributed by atoms with Crippen LogP contribution in [0.1, 0.15) is 44.9 Å². The van der Waals surface area contributed by atoms with Crippen LogP contribution in [0.25, 0.3) is 0 Å². The van der Waals surface area contributed by atoms with Crippen molar-refractivity contribution in [2.75, 3.05) is 6.54 Å². The van der Waals surface area contributed by atoms with E-state index in [1.807, 2.05) is 0 Å². The van der Waals surface area contributed by atoms with Gasteiger partial charge in [-0.05, 0) is 12.8 Å². The molecular formula is C11H21N3O2. The molecule has 0 saturated heterocycles. The van der Waals surface area contributed by atoms with Crippen molar-refractivity contribution in [1.29, 1.82) is 0 Å². The summed E-state index contributed by atoms with van der Waals surface area (Å²) in [4.78, 5) is 11.8. The zero-order valence-electron chi connectivity index (χ0n) is 9.61. The number of hydrogen-bond acceptors (Lipinski definition) is 3. The van der Waals surface area contributed by atoms with Crippen LogP contribution in [0.4, 0.5) is 0 Å². The second kappa shape index (κ2) is 7.09. The molecule has 0 atom stereocenters. The zero-order chi connectivity index (χ0) is 11.8. The summed E-state index contributed by atoms with van der Waals surface area (Å²) < 4.78 is 0. The molecule has 1 saturated carbocycles. The normalized spacial score (nSPS) is 19.9. The van der Waals surface area contributed by atoms with Gasteiger partial charge in [0.1, 0.15) is 0 Å². The summed E-state index contributed by atoms with van der Waals surface area (Å²) in [5, 5.41) is 13.9. The Balaban J connectivity index is 2.32. The van der Waals surface area contributed by atoms with Crippen molar-refractivity contribution in [3.63, 3.8) is 0 Å². The van der Waals surface area contributed by atoms with Gasteiger partial charge in [0, 0.05) is 5.92 Å². The fraction of sp³-hybridized carbons (Fsp3) is 0.818. The minimum absolute atomic E-state index is 0.0356. The number of nitrogens with one attached hydrogen (secondary N) is 1. The summed E-state index contributed by atoms with van der Waals surface area (Å²) >= 11 is 0. The lowest BCUT2D eigenvalue weighted by Crippen LogP contribution is -2.37. The summed E-state index contributed by atoms with van der Waals surface area (Å²) in [5.74, 6) is 0.180. The van der Waals surface area contributed by atoms with Crippen LogP contribution in [-0.4, -0.2) is 23.5 Å². The van der Waals surface area contributed by atoms with Crippen molar-refractivity contribution in [2.45, 2.75) is 44.9 Å². The number of oxime groups is 1. The quantitative estimate of drug-likeness (QED) is 0.293. The van der Waals surface area contributed by atoms with Crippen LogP contribution in [0.5, 0.6) is 0 Å². The highest BCUT2D eigenvalue weighted by Crippen LogP contribution is 2.22. The Morgan fingerprint density at radius 3 is 2.38 bits per heavy atom. The highest BCUT2D eigenvalue weighted by atomic mass is 16.4. The van der Waals surface area contributed by atoms with E-state index in [0.29, 0.717) is 0 Å². The highest BCUT2D eigenvalue weighted by molar-refractivity contribution is 5.87. The summed E-state index contributed by atoms with van der Waals surface area (Å²) in [6.45, 7) is 0.131. The van der Waals surface area contributed by atoms with E-state index in [-0.39, 0.29) is 24.2 Å². The third-order valence-corrected chi connectivity index (χ3v) is 3.05. The zero-order valence-corrected chi connectivity index (χ0v) is 9.61. The topological polar surface area (TPSA) is 87.7 Å². The van der Waals surface area contributed by atoms with Crippen LogP contribution in [0, 0.1) is 5.92 Å². The van der Waals surface area contributed by atoms with Crippen molar-refractivity contribution >= 4 is 11.7 Å². The number of carbonyl (C=O) groups is 1. The van der Waals surface area contributed by atoms with Gasteiger partial charge in [-0.2, -0.15) is 0 Å². The molecule has 1 fully saturated rings. The van der Waals surface area contributed by atoms with Gasteiger partial charge in [0.05, 0.1) is 6.54 Å². The van der Waals surface area contributed by atoms with Crippen molar-refractivity contribution in [2.24, 2.45) is 16.8 Å². The number of nitrogens with zero attached hydrogens (tertiary/aromatic N) is 1. The third kappa shape index (κ3) is 4.51. The van der Waals surface area contributed by atoms with Crippen LogP contribution in [0.15, 0.2) is 5.16 Å². The molecule has 1 aliphatic rings. The van der Waals surface area contributed by atoms with Crippen molar-refractivity contribution < 1.29 is 10.0 Å². The summed E-state index contributed by atoms with van der Waals surface area (Å²) in [6, 6.07) is 0. The Bertz CT molecular complexity index is 246. The van der Waals surface area contributed by atoms with Gasteiger partial charge >= 0.3 is 0 Å². The van der Waals surface area contributed by atoms with Gasteiger partial charge in [0.15, 0.2) is 5.84 Å². The molecule has 0 spiro atoms. The standard InChI is InChI=1S/C11H21N3O2/c12-10(14-16)8-13-11(15)9-6-4-2-1-3-5-7-9/h9,16H,1-8H2,(H2,12,14)(H,13,15). The van der Waals surface area contributed by atoms with Crippen LogP contribution in [0.2, 0.25) is 0 Å². The van der Waals surface area contributed by atoms with Gasteiger partial charge in [-0.15, -0.1) is 0 Å². The number of amides is 1. The molecule has 16 heavy (non-hydrogen) atoms. The molecule has 0 bridgehead atoms. The molecule has 0 unspecified atom stereocenters. The number of amidine groups is 1. The molecule has 0 aromatic rings. The van der Waals surface area contributed by atoms with Crippen molar-refractivity contribution in [3.05, 3.63) is 0 Å². The van der Waals surface area contributed by atoms with Crippen LogP contribution in [-0.2, 0) is 4.79 Å². The molecule has 0 aromatic carbocycles. The number of hydrogen-bond donors (Lipinski definition) is 3. The van der Waals surface area contributed by atoms with E-state index >= 15 is 0 Å². The van der Waals surface area contributed by atoms with Crippen LogP contribution >= 0.6 is 0 Å². The Labute approximate surface area is 96.1 Å². The van der Waals surface area contributed by atoms with Gasteiger partial charge in [0.2, 0.25) is 5.91 Å². The Hall–Kier alpha value is -1.26. The van der Waals surface area contributed by atoms with E-state index in [2.05, 4.69) is 10.5 Å². The van der Waals surface area contributed by atoms with E-state index in [0.717, 1.165) is 25.7 Å². The van der Waals surface area contributed by atoms with Gasteiger partial charge in [0.25, 0.3) is 0 Å². The van der Waals surface area contributed by atoms with E-state index in [1.54, 1.807) is 0 Å². The fourth-order valence-corrected chi connectivity index (χ4v) is 2.08. The van der Waals surface area contributed by atoms with E-state index in [4.69, 9.17) is 10.9 Å². The monoisotopic (exact) mass is 227 g/mol. The average Bonchev–Trinajstić information content (AvgIpc) is 2.25. The van der Waals surface area contributed by atoms with E-state index in [1.165, 1.54) is 19.3 Å². The second-order valence-electron chi connectivity index (χ2n) is 4.35. The lowest BCUT2D eigenvalue weighted by Gasteiger charge is -2.18. The van der Waals surface area contributed by atoms with Crippen LogP contribution in [0.3, 0.4) is 0 Å². The van der Waals surface area contributed by atoms with E-state index in [9.17, 15) is 4.79 Å². The Kier molecular flexibility index (Phi) is 5.67. The Morgan fingerprint density at radius 2 is 1.81 bits per heavy atom. The number of rotatable bonds is 3. The lowest BCUT2D eigenvalue weighted by molar-refractivity contribution is -0.125. The molecule has 5 heteroatoms. The molecule has 4 N–H and O–H groups in total. The third-order valence-electron chi connectivity index (χ3n) is 3.05. The van der Waals surface area contributed by atoms with Gasteiger partial charge in [-0.25, -0.2) is 0 Å². The maximum atomic E-state index is 11.8. The lowest BCUT2D eigenvalue weighted by atomic mass is 9.90. The van der Waals surface area contributed by atoms with Gasteiger partial charge < -0.3 is 16.3 Å². The maximum absolute atomic E-state index is 11.8. The molecular weight excluding hydrogens is 206 g/mol. The molecule has 0 heterocycles.